The van der Waals surface area contributed by atoms with Crippen LogP contribution in [-0.2, 0) is 25.1 Å². The van der Waals surface area contributed by atoms with Crippen LogP contribution in [0.15, 0.2) is 63.3 Å². The summed E-state index contributed by atoms with van der Waals surface area (Å²) in [5.74, 6) is 0.590. The molecule has 1 aliphatic carbocycles. The molecule has 3 aromatic heterocycles. The van der Waals surface area contributed by atoms with E-state index in [-0.39, 0.29) is 23.5 Å². The Bertz CT molecular complexity index is 1670. The number of aryl methyl sites for hydroxylation is 2. The predicted octanol–water partition coefficient (Wildman–Crippen LogP) is 4.66. The molecule has 9 heteroatoms. The Morgan fingerprint density at radius 3 is 2.74 bits per heavy atom. The van der Waals surface area contributed by atoms with Gasteiger partial charge in [-0.25, -0.2) is 14.4 Å². The number of benzene rings is 2. The van der Waals surface area contributed by atoms with Gasteiger partial charge in [-0.2, -0.15) is 0 Å². The fraction of sp³-hybridized carbons (Fsp3) is 0.200. The zero-order valence-corrected chi connectivity index (χ0v) is 19.6. The third-order valence-electron chi connectivity index (χ3n) is 6.04. The number of rotatable bonds is 5. The van der Waals surface area contributed by atoms with Crippen molar-refractivity contribution in [2.45, 2.75) is 36.7 Å². The van der Waals surface area contributed by atoms with Gasteiger partial charge in [0.2, 0.25) is 0 Å². The van der Waals surface area contributed by atoms with Gasteiger partial charge in [-0.15, -0.1) is 11.3 Å². The molecule has 0 unspecified atom stereocenters. The van der Waals surface area contributed by atoms with Gasteiger partial charge in [-0.05, 0) is 54.7 Å². The van der Waals surface area contributed by atoms with Crippen LogP contribution in [0.3, 0.4) is 0 Å². The van der Waals surface area contributed by atoms with E-state index in [0.717, 1.165) is 40.6 Å². The lowest BCUT2D eigenvalue weighted by molar-refractivity contribution is 0.622. The Morgan fingerprint density at radius 2 is 1.88 bits per heavy atom. The minimum atomic E-state index is -0.327. The maximum Gasteiger partial charge on any atom is 0.262 e. The molecule has 0 spiro atoms. The normalized spacial score (nSPS) is 13.1. The highest BCUT2D eigenvalue weighted by Crippen LogP contribution is 2.34. The summed E-state index contributed by atoms with van der Waals surface area (Å²) in [7, 11) is 0. The van der Waals surface area contributed by atoms with Gasteiger partial charge in [0.25, 0.3) is 11.1 Å². The first kappa shape index (κ1) is 21.2. The summed E-state index contributed by atoms with van der Waals surface area (Å²) in [6, 6.07) is 13.3. The molecule has 1 N–H and O–H groups in total. The monoisotopic (exact) mass is 490 g/mol. The Balaban J connectivity index is 1.37. The number of nitrogens with zero attached hydrogens (tertiary/aromatic N) is 3. The Hall–Kier alpha value is -3.30. The first-order valence-corrected chi connectivity index (χ1v) is 12.8. The molecule has 34 heavy (non-hydrogen) atoms. The number of H-pyrrole nitrogens is 1. The second kappa shape index (κ2) is 8.48. The number of para-hydroxylation sites is 1. The van der Waals surface area contributed by atoms with Gasteiger partial charge in [0.1, 0.15) is 16.5 Å². The van der Waals surface area contributed by atoms with Gasteiger partial charge in [-0.1, -0.05) is 36.0 Å². The van der Waals surface area contributed by atoms with Gasteiger partial charge < -0.3 is 4.98 Å². The van der Waals surface area contributed by atoms with Gasteiger partial charge in [0.15, 0.2) is 5.16 Å². The van der Waals surface area contributed by atoms with E-state index in [4.69, 9.17) is 9.97 Å². The molecule has 170 valence electrons. The average molecular weight is 491 g/mol. The molecule has 0 atom stereocenters. The number of aromatic nitrogens is 4. The third-order valence-corrected chi connectivity index (χ3v) is 8.22. The van der Waals surface area contributed by atoms with Crippen molar-refractivity contribution < 1.29 is 4.39 Å². The van der Waals surface area contributed by atoms with E-state index < -0.39 is 0 Å². The molecule has 0 aliphatic heterocycles. The molecule has 0 amide bonds. The van der Waals surface area contributed by atoms with Gasteiger partial charge in [-0.3, -0.25) is 14.2 Å². The standard InChI is InChI=1S/C25H19FN4O2S2/c26-15-10-8-14(9-11-15)12-30-24(32)16-4-1-2-6-18(16)27-25(30)33-13-20-28-22(31)21-17-5-3-7-19(17)34-23(21)29-20/h1-2,4,6,8-11H,3,5,7,12-13H2,(H,28,29,31). The number of hydrogen-bond donors (Lipinski definition) is 1. The summed E-state index contributed by atoms with van der Waals surface area (Å²) in [6.07, 6.45) is 3.04. The third kappa shape index (κ3) is 3.74. The Morgan fingerprint density at radius 1 is 1.06 bits per heavy atom. The fourth-order valence-electron chi connectivity index (χ4n) is 4.42. The lowest BCUT2D eigenvalue weighted by Crippen LogP contribution is -2.24. The molecule has 0 saturated carbocycles. The number of aromatic amines is 1. The van der Waals surface area contributed by atoms with Crippen molar-refractivity contribution in [3.05, 3.63) is 96.9 Å². The van der Waals surface area contributed by atoms with Crippen LogP contribution in [-0.4, -0.2) is 19.5 Å². The summed E-state index contributed by atoms with van der Waals surface area (Å²) in [5.41, 5.74) is 2.29. The fourth-order valence-corrected chi connectivity index (χ4v) is 6.57. The number of halogens is 1. The molecule has 0 radical (unpaired) electrons. The van der Waals surface area contributed by atoms with Crippen LogP contribution in [0.2, 0.25) is 0 Å². The van der Waals surface area contributed by atoms with E-state index in [0.29, 0.717) is 27.6 Å². The van der Waals surface area contributed by atoms with E-state index in [1.807, 2.05) is 18.2 Å². The maximum atomic E-state index is 13.4. The molecule has 0 bridgehead atoms. The van der Waals surface area contributed by atoms with Gasteiger partial charge >= 0.3 is 0 Å². The molecule has 3 heterocycles. The zero-order chi connectivity index (χ0) is 23.2. The summed E-state index contributed by atoms with van der Waals surface area (Å²) in [4.78, 5) is 40.5. The first-order chi connectivity index (χ1) is 16.6. The number of nitrogens with one attached hydrogen (secondary N) is 1. The molecule has 5 aromatic rings. The van der Waals surface area contributed by atoms with Crippen LogP contribution in [0.5, 0.6) is 0 Å². The Labute approximate surface area is 201 Å². The van der Waals surface area contributed by atoms with Crippen molar-refractivity contribution >= 4 is 44.2 Å². The minimum absolute atomic E-state index is 0.102. The van der Waals surface area contributed by atoms with Crippen LogP contribution >= 0.6 is 23.1 Å². The second-order valence-corrected chi connectivity index (χ2v) is 10.3. The lowest BCUT2D eigenvalue weighted by Gasteiger charge is -2.13. The molecule has 0 fully saturated rings. The average Bonchev–Trinajstić information content (AvgIpc) is 3.42. The Kier molecular flexibility index (Phi) is 5.30. The molecular weight excluding hydrogens is 471 g/mol. The topological polar surface area (TPSA) is 80.6 Å². The van der Waals surface area contributed by atoms with Gasteiger partial charge in [0.05, 0.1) is 28.6 Å². The van der Waals surface area contributed by atoms with Gasteiger partial charge in [0, 0.05) is 4.88 Å². The maximum absolute atomic E-state index is 13.4. The van der Waals surface area contributed by atoms with Crippen molar-refractivity contribution in [3.63, 3.8) is 0 Å². The number of thiophene rings is 1. The first-order valence-electron chi connectivity index (χ1n) is 11.0. The molecule has 6 nitrogen and oxygen atoms in total. The molecule has 6 rings (SSSR count). The highest BCUT2D eigenvalue weighted by atomic mass is 32.2. The van der Waals surface area contributed by atoms with Crippen molar-refractivity contribution in [1.82, 2.24) is 19.5 Å². The summed E-state index contributed by atoms with van der Waals surface area (Å²) < 4.78 is 15.0. The number of fused-ring (bicyclic) bond motifs is 4. The molecular formula is C25H19FN4O2S2. The van der Waals surface area contributed by atoms with Crippen molar-refractivity contribution in [2.24, 2.45) is 0 Å². The lowest BCUT2D eigenvalue weighted by atomic mass is 10.2. The van der Waals surface area contributed by atoms with Crippen LogP contribution in [0.25, 0.3) is 21.1 Å². The highest BCUT2D eigenvalue weighted by molar-refractivity contribution is 7.98. The number of thioether (sulfide) groups is 1. The van der Waals surface area contributed by atoms with Crippen molar-refractivity contribution in [2.75, 3.05) is 0 Å². The SMILES string of the molecule is O=c1[nH]c(CSc2nc3ccccc3c(=O)n2Cc2ccc(F)cc2)nc2sc3c(c12)CCC3. The quantitative estimate of drug-likeness (QED) is 0.286. The summed E-state index contributed by atoms with van der Waals surface area (Å²) >= 11 is 2.95. The van der Waals surface area contributed by atoms with Crippen LogP contribution in [0, 0.1) is 5.82 Å². The van der Waals surface area contributed by atoms with Crippen LogP contribution in [0.1, 0.15) is 28.2 Å². The highest BCUT2D eigenvalue weighted by Gasteiger charge is 2.21. The largest absolute Gasteiger partial charge is 0.309 e. The molecule has 0 saturated heterocycles. The van der Waals surface area contributed by atoms with E-state index in [9.17, 15) is 14.0 Å². The second-order valence-electron chi connectivity index (χ2n) is 8.27. The van der Waals surface area contributed by atoms with E-state index >= 15 is 0 Å². The minimum Gasteiger partial charge on any atom is -0.309 e. The van der Waals surface area contributed by atoms with Crippen molar-refractivity contribution in [3.8, 4) is 0 Å². The van der Waals surface area contributed by atoms with Crippen LogP contribution in [0.4, 0.5) is 4.39 Å². The summed E-state index contributed by atoms with van der Waals surface area (Å²) in [6.45, 7) is 0.264. The van der Waals surface area contributed by atoms with Crippen molar-refractivity contribution in [1.29, 1.82) is 0 Å². The summed E-state index contributed by atoms with van der Waals surface area (Å²) in [5, 5.41) is 1.77. The zero-order valence-electron chi connectivity index (χ0n) is 18.0. The van der Waals surface area contributed by atoms with E-state index in [1.165, 1.54) is 28.8 Å². The molecule has 2 aromatic carbocycles. The number of hydrogen-bond acceptors (Lipinski definition) is 6. The van der Waals surface area contributed by atoms with E-state index in [1.54, 1.807) is 34.1 Å². The van der Waals surface area contributed by atoms with E-state index in [2.05, 4.69) is 4.98 Å². The smallest absolute Gasteiger partial charge is 0.262 e. The molecule has 1 aliphatic rings. The predicted molar refractivity (Wildman–Crippen MR) is 133 cm³/mol. The van der Waals surface area contributed by atoms with Crippen LogP contribution < -0.4 is 11.1 Å².